The van der Waals surface area contributed by atoms with Gasteiger partial charge in [-0.25, -0.2) is 13.2 Å². The first-order valence-corrected chi connectivity index (χ1v) is 12.1. The normalized spacial score (nSPS) is 16.3. The van der Waals surface area contributed by atoms with E-state index < -0.39 is 28.0 Å². The Morgan fingerprint density at radius 1 is 0.969 bits per heavy atom. The topological polar surface area (TPSA) is 92.8 Å². The Bertz CT molecular complexity index is 1040. The number of esters is 1. The van der Waals surface area contributed by atoms with E-state index in [9.17, 15) is 18.0 Å². The predicted molar refractivity (Wildman–Crippen MR) is 123 cm³/mol. The lowest BCUT2D eigenvalue weighted by molar-refractivity contribution is -0.148. The number of amides is 1. The van der Waals surface area contributed by atoms with Crippen LogP contribution in [-0.2, 0) is 24.3 Å². The molecule has 1 aliphatic rings. The molecule has 1 saturated heterocycles. The molecule has 2 aromatic carbocycles. The second-order valence-corrected chi connectivity index (χ2v) is 9.59. The Morgan fingerprint density at radius 3 is 2.22 bits per heavy atom. The van der Waals surface area contributed by atoms with Gasteiger partial charge in [0.05, 0.1) is 4.90 Å². The minimum Gasteiger partial charge on any atom is -0.449 e. The highest BCUT2D eigenvalue weighted by Gasteiger charge is 2.24. The smallest absolute Gasteiger partial charge is 0.331 e. The zero-order valence-electron chi connectivity index (χ0n) is 18.1. The molecular formula is C24H28N2O5S. The van der Waals surface area contributed by atoms with E-state index in [0.29, 0.717) is 24.3 Å². The van der Waals surface area contributed by atoms with Crippen molar-refractivity contribution in [3.63, 3.8) is 0 Å². The standard InChI is InChI=1S/C24H28N2O5S/c1-19(24(28)25-21-9-5-4-6-10-21)31-23(27)16-13-20-11-14-22(15-12-20)32(29,30)26-17-7-2-3-8-18-26/h4-6,9-16,19H,2-3,7-8,17-18H2,1H3,(H,25,28)/b16-13+/t19-/m1/s1. The third-order valence-corrected chi connectivity index (χ3v) is 7.11. The molecule has 0 spiro atoms. The highest BCUT2D eigenvalue weighted by Crippen LogP contribution is 2.21. The van der Waals surface area contributed by atoms with Gasteiger partial charge in [0, 0.05) is 24.9 Å². The molecule has 0 unspecified atom stereocenters. The first-order valence-electron chi connectivity index (χ1n) is 10.7. The summed E-state index contributed by atoms with van der Waals surface area (Å²) in [5, 5.41) is 2.67. The fourth-order valence-corrected chi connectivity index (χ4v) is 4.90. The molecule has 1 N–H and O–H groups in total. The van der Waals surface area contributed by atoms with Gasteiger partial charge < -0.3 is 10.1 Å². The summed E-state index contributed by atoms with van der Waals surface area (Å²) in [7, 11) is -3.51. The fraction of sp³-hybridized carbons (Fsp3) is 0.333. The van der Waals surface area contributed by atoms with Crippen LogP contribution in [0.25, 0.3) is 6.08 Å². The van der Waals surface area contributed by atoms with E-state index in [4.69, 9.17) is 4.74 Å². The van der Waals surface area contributed by atoms with Crippen LogP contribution in [0.15, 0.2) is 65.6 Å². The van der Waals surface area contributed by atoms with Crippen LogP contribution in [0.5, 0.6) is 0 Å². The SMILES string of the molecule is C[C@@H](OC(=O)/C=C/c1ccc(S(=O)(=O)N2CCCCCC2)cc1)C(=O)Nc1ccccc1. The summed E-state index contributed by atoms with van der Waals surface area (Å²) in [5.41, 5.74) is 1.27. The number of rotatable bonds is 7. The van der Waals surface area contributed by atoms with Crippen LogP contribution in [0.1, 0.15) is 38.2 Å². The van der Waals surface area contributed by atoms with Crippen molar-refractivity contribution in [2.24, 2.45) is 0 Å². The summed E-state index contributed by atoms with van der Waals surface area (Å²) in [5.74, 6) is -1.09. The molecule has 1 fully saturated rings. The maximum absolute atomic E-state index is 12.8. The van der Waals surface area contributed by atoms with Gasteiger partial charge in [-0.05, 0) is 55.7 Å². The number of ether oxygens (including phenoxy) is 1. The lowest BCUT2D eigenvalue weighted by Crippen LogP contribution is -2.31. The first kappa shape index (κ1) is 23.7. The summed E-state index contributed by atoms with van der Waals surface area (Å²) < 4.78 is 32.3. The number of para-hydroxylation sites is 1. The summed E-state index contributed by atoms with van der Waals surface area (Å²) in [6.45, 7) is 2.59. The number of sulfonamides is 1. The Kier molecular flexibility index (Phi) is 8.19. The second kappa shape index (κ2) is 11.1. The van der Waals surface area contributed by atoms with Gasteiger partial charge in [-0.2, -0.15) is 4.31 Å². The predicted octanol–water partition coefficient (Wildman–Crippen LogP) is 3.83. The van der Waals surface area contributed by atoms with Gasteiger partial charge in [-0.1, -0.05) is 43.2 Å². The van der Waals surface area contributed by atoms with Crippen LogP contribution in [0.2, 0.25) is 0 Å². The number of carbonyl (C=O) groups is 2. The van der Waals surface area contributed by atoms with Crippen molar-refractivity contribution in [2.45, 2.75) is 43.6 Å². The van der Waals surface area contributed by atoms with Gasteiger partial charge in [0.1, 0.15) is 0 Å². The second-order valence-electron chi connectivity index (χ2n) is 7.66. The summed E-state index contributed by atoms with van der Waals surface area (Å²) in [4.78, 5) is 24.4. The molecule has 0 saturated carbocycles. The molecular weight excluding hydrogens is 428 g/mol. The van der Waals surface area contributed by atoms with E-state index in [0.717, 1.165) is 25.7 Å². The van der Waals surface area contributed by atoms with E-state index in [2.05, 4.69) is 5.32 Å². The summed E-state index contributed by atoms with van der Waals surface area (Å²) >= 11 is 0. The molecule has 32 heavy (non-hydrogen) atoms. The van der Waals surface area contributed by atoms with Crippen LogP contribution in [0.3, 0.4) is 0 Å². The van der Waals surface area contributed by atoms with Crippen molar-refractivity contribution < 1.29 is 22.7 Å². The number of nitrogens with one attached hydrogen (secondary N) is 1. The van der Waals surface area contributed by atoms with Crippen LogP contribution in [0.4, 0.5) is 5.69 Å². The molecule has 3 rings (SSSR count). The largest absolute Gasteiger partial charge is 0.449 e. The van der Waals surface area contributed by atoms with E-state index in [-0.39, 0.29) is 4.90 Å². The molecule has 1 atom stereocenters. The molecule has 1 aliphatic heterocycles. The molecule has 1 heterocycles. The monoisotopic (exact) mass is 456 g/mol. The highest BCUT2D eigenvalue weighted by atomic mass is 32.2. The molecule has 0 radical (unpaired) electrons. The number of nitrogens with zero attached hydrogens (tertiary/aromatic N) is 1. The average molecular weight is 457 g/mol. The molecule has 0 aliphatic carbocycles. The highest BCUT2D eigenvalue weighted by molar-refractivity contribution is 7.89. The number of carbonyl (C=O) groups excluding carboxylic acids is 2. The Morgan fingerprint density at radius 2 is 1.59 bits per heavy atom. The van der Waals surface area contributed by atoms with E-state index in [1.807, 2.05) is 6.07 Å². The minimum atomic E-state index is -3.51. The molecule has 7 nitrogen and oxygen atoms in total. The number of hydrogen-bond donors (Lipinski definition) is 1. The number of anilines is 1. The van der Waals surface area contributed by atoms with Crippen molar-refractivity contribution in [1.82, 2.24) is 4.31 Å². The van der Waals surface area contributed by atoms with E-state index in [1.165, 1.54) is 19.1 Å². The van der Waals surface area contributed by atoms with Crippen molar-refractivity contribution in [1.29, 1.82) is 0 Å². The van der Waals surface area contributed by atoms with Crippen LogP contribution in [0, 0.1) is 0 Å². The average Bonchev–Trinajstić information content (AvgIpc) is 3.09. The Hall–Kier alpha value is -2.97. The van der Waals surface area contributed by atoms with Crippen LogP contribution >= 0.6 is 0 Å². The van der Waals surface area contributed by atoms with Gasteiger partial charge in [0.2, 0.25) is 10.0 Å². The van der Waals surface area contributed by atoms with E-state index >= 15 is 0 Å². The molecule has 170 valence electrons. The molecule has 1 amide bonds. The van der Waals surface area contributed by atoms with Crippen molar-refractivity contribution >= 4 is 33.7 Å². The fourth-order valence-electron chi connectivity index (χ4n) is 3.38. The Labute approximate surface area is 189 Å². The molecule has 0 bridgehead atoms. The number of hydrogen-bond acceptors (Lipinski definition) is 5. The summed E-state index contributed by atoms with van der Waals surface area (Å²) in [6, 6.07) is 15.3. The quantitative estimate of drug-likeness (QED) is 0.505. The lowest BCUT2D eigenvalue weighted by atomic mass is 10.2. The number of benzene rings is 2. The van der Waals surface area contributed by atoms with Gasteiger partial charge >= 0.3 is 5.97 Å². The Balaban J connectivity index is 1.55. The minimum absolute atomic E-state index is 0.241. The molecule has 0 aromatic heterocycles. The van der Waals surface area contributed by atoms with E-state index in [1.54, 1.807) is 52.8 Å². The maximum Gasteiger partial charge on any atom is 0.331 e. The van der Waals surface area contributed by atoms with Crippen molar-refractivity contribution in [3.05, 3.63) is 66.2 Å². The summed E-state index contributed by atoms with van der Waals surface area (Å²) in [6.07, 6.45) is 5.63. The lowest BCUT2D eigenvalue weighted by Gasteiger charge is -2.19. The van der Waals surface area contributed by atoms with Crippen LogP contribution < -0.4 is 5.32 Å². The molecule has 2 aromatic rings. The first-order chi connectivity index (χ1) is 15.4. The maximum atomic E-state index is 12.8. The van der Waals surface area contributed by atoms with Gasteiger partial charge in [-0.3, -0.25) is 4.79 Å². The van der Waals surface area contributed by atoms with Gasteiger partial charge in [0.15, 0.2) is 6.10 Å². The zero-order valence-corrected chi connectivity index (χ0v) is 18.9. The zero-order chi connectivity index (χ0) is 23.0. The van der Waals surface area contributed by atoms with Gasteiger partial charge in [0.25, 0.3) is 5.91 Å². The third-order valence-electron chi connectivity index (χ3n) is 5.20. The third kappa shape index (κ3) is 6.51. The van der Waals surface area contributed by atoms with Crippen molar-refractivity contribution in [3.8, 4) is 0 Å². The molecule has 8 heteroatoms. The van der Waals surface area contributed by atoms with Crippen LogP contribution in [-0.4, -0.2) is 43.8 Å². The van der Waals surface area contributed by atoms with Gasteiger partial charge in [-0.15, -0.1) is 0 Å². The van der Waals surface area contributed by atoms with Crippen molar-refractivity contribution in [2.75, 3.05) is 18.4 Å².